The lowest BCUT2D eigenvalue weighted by Gasteiger charge is -2.06. The van der Waals surface area contributed by atoms with Crippen LogP contribution in [0.5, 0.6) is 0 Å². The lowest BCUT2D eigenvalue weighted by molar-refractivity contribution is 0.0529. The van der Waals surface area contributed by atoms with Gasteiger partial charge in [0.05, 0.1) is 29.1 Å². The average molecular weight is 484 g/mol. The van der Waals surface area contributed by atoms with Gasteiger partial charge in [0.1, 0.15) is 6.33 Å². The first-order chi connectivity index (χ1) is 14.5. The van der Waals surface area contributed by atoms with Crippen LogP contribution in [0.2, 0.25) is 5.02 Å². The normalized spacial score (nSPS) is 10.9. The molecule has 4 rings (SSSR count). The summed E-state index contributed by atoms with van der Waals surface area (Å²) in [6, 6.07) is 17.6. The van der Waals surface area contributed by atoms with E-state index in [1.807, 2.05) is 24.3 Å². The zero-order valence-electron chi connectivity index (χ0n) is 15.9. The van der Waals surface area contributed by atoms with Crippen LogP contribution in [0.3, 0.4) is 0 Å². The molecule has 0 radical (unpaired) electrons. The maximum absolute atomic E-state index is 13.1. The molecule has 2 aromatic heterocycles. The number of ketones is 1. The summed E-state index contributed by atoms with van der Waals surface area (Å²) in [4.78, 5) is 30.2. The third-order valence-electron chi connectivity index (χ3n) is 4.62. The van der Waals surface area contributed by atoms with E-state index in [0.717, 1.165) is 10.0 Å². The summed E-state index contributed by atoms with van der Waals surface area (Å²) >= 11 is 9.39. The number of fused-ring (bicyclic) bond motifs is 1. The quantitative estimate of drug-likeness (QED) is 0.265. The van der Waals surface area contributed by atoms with Crippen molar-refractivity contribution in [3.63, 3.8) is 0 Å². The molecule has 0 saturated carbocycles. The minimum atomic E-state index is -0.489. The van der Waals surface area contributed by atoms with Crippen LogP contribution in [0.25, 0.3) is 16.8 Å². The Labute approximate surface area is 186 Å². The number of halogens is 2. The van der Waals surface area contributed by atoms with Crippen LogP contribution in [0.15, 0.2) is 71.5 Å². The lowest BCUT2D eigenvalue weighted by atomic mass is 10.1. The maximum Gasteiger partial charge on any atom is 0.340 e. The van der Waals surface area contributed by atoms with E-state index in [1.54, 1.807) is 54.0 Å². The van der Waals surface area contributed by atoms with Crippen LogP contribution in [0.1, 0.15) is 33.3 Å². The van der Waals surface area contributed by atoms with Crippen LogP contribution < -0.4 is 0 Å². The molecular weight excluding hydrogens is 468 g/mol. The van der Waals surface area contributed by atoms with Crippen molar-refractivity contribution in [3.8, 4) is 11.3 Å². The number of aromatic nitrogens is 2. The Bertz CT molecular complexity index is 1270. The van der Waals surface area contributed by atoms with E-state index >= 15 is 0 Å². The van der Waals surface area contributed by atoms with Gasteiger partial charge in [-0.2, -0.15) is 0 Å². The zero-order valence-corrected chi connectivity index (χ0v) is 18.3. The second kappa shape index (κ2) is 8.42. The smallest absolute Gasteiger partial charge is 0.340 e. The average Bonchev–Trinajstić information content (AvgIpc) is 3.13. The standard InChI is InChI=1S/C23H16BrClN2O3/c1-2-30-23(29)18-11-21(22(28)14-6-8-17(25)9-7-14)27-13-26-19(12-20(18)27)15-4-3-5-16(24)10-15/h3-13H,2H2,1H3. The van der Waals surface area contributed by atoms with E-state index in [0.29, 0.717) is 33.1 Å². The molecule has 0 aliphatic heterocycles. The first-order valence-electron chi connectivity index (χ1n) is 9.22. The van der Waals surface area contributed by atoms with Crippen molar-refractivity contribution in [2.75, 3.05) is 6.61 Å². The highest BCUT2D eigenvalue weighted by atomic mass is 79.9. The minimum absolute atomic E-state index is 0.236. The van der Waals surface area contributed by atoms with Crippen LogP contribution in [-0.2, 0) is 4.74 Å². The Morgan fingerprint density at radius 1 is 1.10 bits per heavy atom. The summed E-state index contributed by atoms with van der Waals surface area (Å²) in [7, 11) is 0. The molecule has 0 aliphatic carbocycles. The number of ether oxygens (including phenoxy) is 1. The molecule has 7 heteroatoms. The Morgan fingerprint density at radius 3 is 2.57 bits per heavy atom. The molecule has 150 valence electrons. The number of hydrogen-bond acceptors (Lipinski definition) is 4. The molecule has 0 bridgehead atoms. The summed E-state index contributed by atoms with van der Waals surface area (Å²) in [5.74, 6) is -0.731. The number of carbonyl (C=O) groups is 2. The first-order valence-corrected chi connectivity index (χ1v) is 10.4. The largest absolute Gasteiger partial charge is 0.462 e. The molecule has 5 nitrogen and oxygen atoms in total. The Hall–Kier alpha value is -2.96. The Balaban J connectivity index is 1.88. The predicted molar refractivity (Wildman–Crippen MR) is 119 cm³/mol. The van der Waals surface area contributed by atoms with Gasteiger partial charge >= 0.3 is 5.97 Å². The highest BCUT2D eigenvalue weighted by Gasteiger charge is 2.22. The van der Waals surface area contributed by atoms with Crippen LogP contribution in [0, 0.1) is 0 Å². The van der Waals surface area contributed by atoms with Gasteiger partial charge in [0.25, 0.3) is 0 Å². The van der Waals surface area contributed by atoms with Crippen molar-refractivity contribution in [1.82, 2.24) is 9.38 Å². The SMILES string of the molecule is CCOC(=O)c1cc(C(=O)c2ccc(Cl)cc2)n2cnc(-c3cccc(Br)c3)cc12. The summed E-state index contributed by atoms with van der Waals surface area (Å²) in [5.41, 5.74) is 3.21. The molecule has 0 unspecified atom stereocenters. The topological polar surface area (TPSA) is 60.7 Å². The fraction of sp³-hybridized carbons (Fsp3) is 0.0870. The van der Waals surface area contributed by atoms with Crippen LogP contribution >= 0.6 is 27.5 Å². The predicted octanol–water partition coefficient (Wildman–Crippen LogP) is 5.82. The summed E-state index contributed by atoms with van der Waals surface area (Å²) in [6.07, 6.45) is 1.55. The van der Waals surface area contributed by atoms with Gasteiger partial charge in [-0.05, 0) is 55.5 Å². The van der Waals surface area contributed by atoms with Crippen molar-refractivity contribution < 1.29 is 14.3 Å². The van der Waals surface area contributed by atoms with E-state index in [4.69, 9.17) is 16.3 Å². The number of carbonyl (C=O) groups excluding carboxylic acids is 2. The Morgan fingerprint density at radius 2 is 1.87 bits per heavy atom. The van der Waals surface area contributed by atoms with Gasteiger partial charge in [0.15, 0.2) is 0 Å². The second-order valence-corrected chi connectivity index (χ2v) is 7.89. The van der Waals surface area contributed by atoms with E-state index in [1.165, 1.54) is 0 Å². The Kier molecular flexibility index (Phi) is 5.70. The molecule has 0 fully saturated rings. The summed E-state index contributed by atoms with van der Waals surface area (Å²) < 4.78 is 7.74. The lowest BCUT2D eigenvalue weighted by Crippen LogP contribution is -2.05. The number of hydrogen-bond donors (Lipinski definition) is 0. The number of nitrogens with zero attached hydrogens (tertiary/aromatic N) is 2. The van der Waals surface area contributed by atoms with Crippen LogP contribution in [-0.4, -0.2) is 27.7 Å². The van der Waals surface area contributed by atoms with Gasteiger partial charge in [0, 0.05) is 20.6 Å². The maximum atomic E-state index is 13.1. The van der Waals surface area contributed by atoms with Gasteiger partial charge in [-0.15, -0.1) is 0 Å². The monoisotopic (exact) mass is 482 g/mol. The van der Waals surface area contributed by atoms with Gasteiger partial charge in [0.2, 0.25) is 5.78 Å². The molecule has 4 aromatic rings. The molecule has 0 saturated heterocycles. The zero-order chi connectivity index (χ0) is 21.3. The molecule has 30 heavy (non-hydrogen) atoms. The molecule has 0 spiro atoms. The third-order valence-corrected chi connectivity index (χ3v) is 5.36. The highest BCUT2D eigenvalue weighted by Crippen LogP contribution is 2.27. The summed E-state index contributed by atoms with van der Waals surface area (Å²) in [6.45, 7) is 1.98. The van der Waals surface area contributed by atoms with E-state index in [2.05, 4.69) is 20.9 Å². The van der Waals surface area contributed by atoms with E-state index < -0.39 is 5.97 Å². The number of esters is 1. The fourth-order valence-electron chi connectivity index (χ4n) is 3.20. The van der Waals surface area contributed by atoms with Gasteiger partial charge in [-0.1, -0.05) is 39.7 Å². The van der Waals surface area contributed by atoms with Gasteiger partial charge < -0.3 is 4.74 Å². The highest BCUT2D eigenvalue weighted by molar-refractivity contribution is 9.10. The molecular formula is C23H16BrClN2O3. The number of rotatable bonds is 5. The molecule has 2 aromatic carbocycles. The molecule has 0 N–H and O–H groups in total. The summed E-state index contributed by atoms with van der Waals surface area (Å²) in [5, 5.41) is 0.541. The van der Waals surface area contributed by atoms with Crippen molar-refractivity contribution in [3.05, 3.63) is 93.3 Å². The first kappa shape index (κ1) is 20.3. The van der Waals surface area contributed by atoms with Crippen molar-refractivity contribution in [2.45, 2.75) is 6.92 Å². The van der Waals surface area contributed by atoms with Crippen LogP contribution in [0.4, 0.5) is 0 Å². The number of benzene rings is 2. The molecule has 0 aliphatic rings. The van der Waals surface area contributed by atoms with Crippen molar-refractivity contribution in [2.24, 2.45) is 0 Å². The van der Waals surface area contributed by atoms with E-state index in [9.17, 15) is 9.59 Å². The third kappa shape index (κ3) is 3.88. The van der Waals surface area contributed by atoms with Crippen molar-refractivity contribution >= 4 is 44.8 Å². The molecule has 0 amide bonds. The fourth-order valence-corrected chi connectivity index (χ4v) is 3.73. The van der Waals surface area contributed by atoms with E-state index in [-0.39, 0.29) is 12.4 Å². The van der Waals surface area contributed by atoms with Crippen molar-refractivity contribution in [1.29, 1.82) is 0 Å². The van der Waals surface area contributed by atoms with Gasteiger partial charge in [-0.25, -0.2) is 9.78 Å². The molecule has 0 atom stereocenters. The minimum Gasteiger partial charge on any atom is -0.462 e. The second-order valence-electron chi connectivity index (χ2n) is 6.54. The van der Waals surface area contributed by atoms with Gasteiger partial charge in [-0.3, -0.25) is 9.20 Å². The molecule has 2 heterocycles.